The summed E-state index contributed by atoms with van der Waals surface area (Å²) in [6.07, 6.45) is 1.57. The maximum Gasteiger partial charge on any atom is 0.277 e. The van der Waals surface area contributed by atoms with Gasteiger partial charge in [-0.3, -0.25) is 4.79 Å². The Balaban J connectivity index is 1.69. The lowest BCUT2D eigenvalue weighted by atomic mass is 10.3. The van der Waals surface area contributed by atoms with E-state index in [1.54, 1.807) is 24.3 Å². The van der Waals surface area contributed by atoms with E-state index in [9.17, 15) is 4.79 Å². The molecule has 0 spiro atoms. The van der Waals surface area contributed by atoms with Gasteiger partial charge in [-0.05, 0) is 32.0 Å². The second-order valence-electron chi connectivity index (χ2n) is 5.26. The van der Waals surface area contributed by atoms with Crippen LogP contribution in [0.25, 0.3) is 11.5 Å². The zero-order chi connectivity index (χ0) is 17.1. The van der Waals surface area contributed by atoms with Gasteiger partial charge in [-0.15, -0.1) is 10.2 Å². The normalized spacial score (nSPS) is 12.1. The average molecular weight is 343 g/mol. The van der Waals surface area contributed by atoms with E-state index in [1.807, 2.05) is 44.2 Å². The average Bonchev–Trinajstić information content (AvgIpc) is 3.22. The van der Waals surface area contributed by atoms with E-state index in [4.69, 9.17) is 8.83 Å². The number of nitrogens with zero attached hydrogens (tertiary/aromatic N) is 3. The van der Waals surface area contributed by atoms with E-state index in [-0.39, 0.29) is 11.2 Å². The van der Waals surface area contributed by atoms with Crippen molar-refractivity contribution in [3.63, 3.8) is 0 Å². The van der Waals surface area contributed by atoms with Crippen LogP contribution in [0.15, 0.2) is 56.7 Å². The quantitative estimate of drug-likeness (QED) is 0.657. The molecule has 0 bridgehead atoms. The monoisotopic (exact) mass is 343 g/mol. The second-order valence-corrected chi connectivity index (χ2v) is 6.55. The Morgan fingerprint density at radius 2 is 1.96 bits per heavy atom. The Bertz CT molecular complexity index is 828. The molecule has 0 saturated heterocycles. The van der Waals surface area contributed by atoms with Crippen LogP contribution in [0.2, 0.25) is 0 Å². The van der Waals surface area contributed by atoms with Crippen LogP contribution in [0.5, 0.6) is 0 Å². The van der Waals surface area contributed by atoms with Crippen molar-refractivity contribution in [3.8, 4) is 11.5 Å². The van der Waals surface area contributed by atoms with Crippen molar-refractivity contribution < 1.29 is 13.6 Å². The second kappa shape index (κ2) is 6.92. The van der Waals surface area contributed by atoms with Gasteiger partial charge in [0.05, 0.1) is 17.1 Å². The highest BCUT2D eigenvalue weighted by atomic mass is 32.2. The molecule has 0 saturated carbocycles. The number of aromatic nitrogens is 2. The molecule has 7 heteroatoms. The summed E-state index contributed by atoms with van der Waals surface area (Å²) < 4.78 is 10.9. The van der Waals surface area contributed by atoms with Gasteiger partial charge in [-0.25, -0.2) is 0 Å². The first-order valence-corrected chi connectivity index (χ1v) is 8.31. The summed E-state index contributed by atoms with van der Waals surface area (Å²) in [5.74, 6) is 1.06. The Morgan fingerprint density at radius 3 is 2.62 bits per heavy atom. The van der Waals surface area contributed by atoms with Crippen LogP contribution < -0.4 is 4.90 Å². The van der Waals surface area contributed by atoms with Crippen molar-refractivity contribution in [2.45, 2.75) is 24.3 Å². The Kier molecular flexibility index (Phi) is 4.71. The molecule has 0 fully saturated rings. The molecule has 2 aromatic heterocycles. The number of carbonyl (C=O) groups excluding carboxylic acids is 1. The number of anilines is 1. The molecule has 6 nitrogen and oxygen atoms in total. The third-order valence-electron chi connectivity index (χ3n) is 3.60. The molecule has 0 aliphatic carbocycles. The molecule has 2 heterocycles. The molecule has 0 unspecified atom stereocenters. The van der Waals surface area contributed by atoms with E-state index in [1.165, 1.54) is 11.8 Å². The fraction of sp³-hybridized carbons (Fsp3) is 0.235. The van der Waals surface area contributed by atoms with Gasteiger partial charge >= 0.3 is 0 Å². The minimum Gasteiger partial charge on any atom is -0.469 e. The summed E-state index contributed by atoms with van der Waals surface area (Å²) >= 11 is 1.24. The Labute approximate surface area is 143 Å². The highest BCUT2D eigenvalue weighted by Gasteiger charge is 2.23. The largest absolute Gasteiger partial charge is 0.469 e. The van der Waals surface area contributed by atoms with Gasteiger partial charge in [-0.2, -0.15) is 0 Å². The van der Waals surface area contributed by atoms with Crippen LogP contribution in [-0.2, 0) is 4.79 Å². The number of thioether (sulfide) groups is 1. The molecular formula is C17H17N3O3S. The maximum atomic E-state index is 12.5. The Morgan fingerprint density at radius 1 is 1.21 bits per heavy atom. The van der Waals surface area contributed by atoms with E-state index in [0.29, 0.717) is 16.9 Å². The SMILES string of the molecule is Cc1occc1-c1nnc(S[C@@H](C)C(=O)N(C)c2ccccc2)o1. The number of furan rings is 1. The first-order chi connectivity index (χ1) is 11.6. The maximum absolute atomic E-state index is 12.5. The fourth-order valence-corrected chi connectivity index (χ4v) is 3.00. The number of rotatable bonds is 5. The van der Waals surface area contributed by atoms with Crippen molar-refractivity contribution in [1.82, 2.24) is 10.2 Å². The van der Waals surface area contributed by atoms with E-state index in [0.717, 1.165) is 11.3 Å². The van der Waals surface area contributed by atoms with Crippen molar-refractivity contribution in [2.75, 3.05) is 11.9 Å². The predicted molar refractivity (Wildman–Crippen MR) is 91.9 cm³/mol. The zero-order valence-electron chi connectivity index (χ0n) is 13.6. The number of amides is 1. The summed E-state index contributed by atoms with van der Waals surface area (Å²) in [5, 5.41) is 8.02. The fourth-order valence-electron chi connectivity index (χ4n) is 2.23. The van der Waals surface area contributed by atoms with Crippen LogP contribution >= 0.6 is 11.8 Å². The molecule has 3 rings (SSSR count). The van der Waals surface area contributed by atoms with Gasteiger partial charge in [0.2, 0.25) is 5.91 Å². The van der Waals surface area contributed by atoms with E-state index >= 15 is 0 Å². The van der Waals surface area contributed by atoms with Gasteiger partial charge in [-0.1, -0.05) is 30.0 Å². The lowest BCUT2D eigenvalue weighted by Crippen LogP contribution is -2.33. The lowest BCUT2D eigenvalue weighted by Gasteiger charge is -2.20. The third-order valence-corrected chi connectivity index (χ3v) is 4.52. The first kappa shape index (κ1) is 16.3. The smallest absolute Gasteiger partial charge is 0.277 e. The van der Waals surface area contributed by atoms with Crippen LogP contribution in [-0.4, -0.2) is 28.4 Å². The minimum atomic E-state index is -0.353. The highest BCUT2D eigenvalue weighted by Crippen LogP contribution is 2.29. The summed E-state index contributed by atoms with van der Waals surface area (Å²) in [7, 11) is 1.75. The van der Waals surface area contributed by atoms with Crippen molar-refractivity contribution in [2.24, 2.45) is 0 Å². The van der Waals surface area contributed by atoms with Gasteiger partial charge in [0.15, 0.2) is 0 Å². The summed E-state index contributed by atoms with van der Waals surface area (Å²) in [4.78, 5) is 14.2. The molecule has 24 heavy (non-hydrogen) atoms. The molecule has 124 valence electrons. The minimum absolute atomic E-state index is 0.0366. The van der Waals surface area contributed by atoms with Gasteiger partial charge in [0, 0.05) is 12.7 Å². The van der Waals surface area contributed by atoms with Crippen LogP contribution in [0.4, 0.5) is 5.69 Å². The molecular weight excluding hydrogens is 326 g/mol. The first-order valence-electron chi connectivity index (χ1n) is 7.43. The number of benzene rings is 1. The van der Waals surface area contributed by atoms with Gasteiger partial charge in [0.1, 0.15) is 5.76 Å². The molecule has 0 aliphatic rings. The number of aryl methyl sites for hydroxylation is 1. The van der Waals surface area contributed by atoms with E-state index < -0.39 is 0 Å². The number of hydrogen-bond donors (Lipinski definition) is 0. The topological polar surface area (TPSA) is 72.4 Å². The summed E-state index contributed by atoms with van der Waals surface area (Å²) in [5.41, 5.74) is 1.60. The van der Waals surface area contributed by atoms with Gasteiger partial charge < -0.3 is 13.7 Å². The van der Waals surface area contributed by atoms with Gasteiger partial charge in [0.25, 0.3) is 11.1 Å². The highest BCUT2D eigenvalue weighted by molar-refractivity contribution is 8.00. The lowest BCUT2D eigenvalue weighted by molar-refractivity contribution is -0.117. The van der Waals surface area contributed by atoms with Crippen molar-refractivity contribution >= 4 is 23.4 Å². The molecule has 1 aromatic carbocycles. The molecule has 1 atom stereocenters. The van der Waals surface area contributed by atoms with Crippen molar-refractivity contribution in [1.29, 1.82) is 0 Å². The standard InChI is InChI=1S/C17H17N3O3S/c1-11-14(9-10-22-11)15-18-19-17(23-15)24-12(2)16(21)20(3)13-7-5-4-6-8-13/h4-10,12H,1-3H3/t12-/m0/s1. The predicted octanol–water partition coefficient (Wildman–Crippen LogP) is 3.78. The van der Waals surface area contributed by atoms with Crippen LogP contribution in [0.1, 0.15) is 12.7 Å². The molecule has 0 N–H and O–H groups in total. The molecule has 0 aliphatic heterocycles. The van der Waals surface area contributed by atoms with Crippen molar-refractivity contribution in [3.05, 3.63) is 48.4 Å². The van der Waals surface area contributed by atoms with Crippen LogP contribution in [0, 0.1) is 6.92 Å². The summed E-state index contributed by atoms with van der Waals surface area (Å²) in [6.45, 7) is 3.65. The zero-order valence-corrected chi connectivity index (χ0v) is 14.4. The Hall–Kier alpha value is -2.54. The summed E-state index contributed by atoms with van der Waals surface area (Å²) in [6, 6.07) is 11.3. The van der Waals surface area contributed by atoms with Crippen LogP contribution in [0.3, 0.4) is 0 Å². The molecule has 0 radical (unpaired) electrons. The number of carbonyl (C=O) groups is 1. The van der Waals surface area contributed by atoms with E-state index in [2.05, 4.69) is 10.2 Å². The molecule has 1 amide bonds. The number of hydrogen-bond acceptors (Lipinski definition) is 6. The molecule has 3 aromatic rings. The number of para-hydroxylation sites is 1. The third kappa shape index (κ3) is 3.35.